The van der Waals surface area contributed by atoms with Gasteiger partial charge in [0.25, 0.3) is 5.89 Å². The van der Waals surface area contributed by atoms with E-state index in [0.29, 0.717) is 22.6 Å². The first-order valence-electron chi connectivity index (χ1n) is 9.12. The topological polar surface area (TPSA) is 117 Å². The molecule has 158 valence electrons. The van der Waals surface area contributed by atoms with Crippen molar-refractivity contribution in [1.29, 1.82) is 0 Å². The molecule has 9 nitrogen and oxygen atoms in total. The van der Waals surface area contributed by atoms with Crippen molar-refractivity contribution in [1.82, 2.24) is 15.1 Å². The van der Waals surface area contributed by atoms with Gasteiger partial charge in [0.15, 0.2) is 13.2 Å². The zero-order valence-corrected chi connectivity index (χ0v) is 16.7. The van der Waals surface area contributed by atoms with Crippen LogP contribution in [0.2, 0.25) is 0 Å². The standard InChI is InChI=1S/C20H20FN3O6/c1-4-27-19(25)17-11(2)18(22-12(17)3)20(26)29-10-16-23-15(24-30-16)9-28-14-7-5-13(21)6-8-14/h5-8,22H,4,9-10H2,1-3H3. The van der Waals surface area contributed by atoms with Crippen molar-refractivity contribution in [3.8, 4) is 5.75 Å². The van der Waals surface area contributed by atoms with Crippen molar-refractivity contribution in [2.45, 2.75) is 34.0 Å². The van der Waals surface area contributed by atoms with E-state index >= 15 is 0 Å². The van der Waals surface area contributed by atoms with E-state index in [1.165, 1.54) is 24.3 Å². The number of halogens is 1. The van der Waals surface area contributed by atoms with Gasteiger partial charge in [0.1, 0.15) is 17.3 Å². The lowest BCUT2D eigenvalue weighted by molar-refractivity contribution is 0.0422. The van der Waals surface area contributed by atoms with Gasteiger partial charge in [-0.05, 0) is 50.6 Å². The van der Waals surface area contributed by atoms with E-state index in [0.717, 1.165) is 0 Å². The number of aromatic amines is 1. The number of aryl methyl sites for hydroxylation is 1. The van der Waals surface area contributed by atoms with Gasteiger partial charge in [-0.1, -0.05) is 5.16 Å². The van der Waals surface area contributed by atoms with Crippen molar-refractivity contribution >= 4 is 11.9 Å². The average molecular weight is 417 g/mol. The zero-order valence-electron chi connectivity index (χ0n) is 16.7. The highest BCUT2D eigenvalue weighted by atomic mass is 19.1. The van der Waals surface area contributed by atoms with Gasteiger partial charge in [0, 0.05) is 5.69 Å². The number of carbonyl (C=O) groups is 2. The van der Waals surface area contributed by atoms with Crippen LogP contribution in [-0.2, 0) is 22.7 Å². The third-order valence-electron chi connectivity index (χ3n) is 4.14. The molecule has 10 heteroatoms. The van der Waals surface area contributed by atoms with Gasteiger partial charge in [-0.3, -0.25) is 0 Å². The molecule has 0 unspecified atom stereocenters. The Morgan fingerprint density at radius 1 is 1.10 bits per heavy atom. The molecule has 0 spiro atoms. The summed E-state index contributed by atoms with van der Waals surface area (Å²) in [6.07, 6.45) is 0. The fourth-order valence-electron chi connectivity index (χ4n) is 2.75. The Labute approximate surface area is 171 Å². The van der Waals surface area contributed by atoms with Crippen LogP contribution in [-0.4, -0.2) is 33.7 Å². The molecule has 2 aromatic heterocycles. The van der Waals surface area contributed by atoms with Crippen LogP contribution in [0.3, 0.4) is 0 Å². The Balaban J connectivity index is 1.57. The molecular weight excluding hydrogens is 397 g/mol. The molecule has 1 N–H and O–H groups in total. The molecule has 0 aliphatic heterocycles. The molecule has 0 aliphatic carbocycles. The van der Waals surface area contributed by atoms with Crippen LogP contribution in [0.4, 0.5) is 4.39 Å². The van der Waals surface area contributed by atoms with E-state index in [9.17, 15) is 14.0 Å². The second-order valence-corrected chi connectivity index (χ2v) is 6.27. The van der Waals surface area contributed by atoms with Gasteiger partial charge in [0.05, 0.1) is 12.2 Å². The highest BCUT2D eigenvalue weighted by Crippen LogP contribution is 2.20. The van der Waals surface area contributed by atoms with Crippen LogP contribution in [0.25, 0.3) is 0 Å². The van der Waals surface area contributed by atoms with Gasteiger partial charge < -0.3 is 23.7 Å². The molecule has 0 amide bonds. The summed E-state index contributed by atoms with van der Waals surface area (Å²) in [4.78, 5) is 31.3. The molecule has 0 saturated carbocycles. The van der Waals surface area contributed by atoms with Crippen LogP contribution in [0.5, 0.6) is 5.75 Å². The van der Waals surface area contributed by atoms with Gasteiger partial charge in [-0.25, -0.2) is 14.0 Å². The highest BCUT2D eigenvalue weighted by Gasteiger charge is 2.24. The molecule has 0 radical (unpaired) electrons. The lowest BCUT2D eigenvalue weighted by atomic mass is 10.1. The molecular formula is C20H20FN3O6. The predicted molar refractivity (Wildman–Crippen MR) is 100 cm³/mol. The normalized spacial score (nSPS) is 10.7. The van der Waals surface area contributed by atoms with Crippen molar-refractivity contribution in [2.24, 2.45) is 0 Å². The third-order valence-corrected chi connectivity index (χ3v) is 4.14. The Kier molecular flexibility index (Phi) is 6.45. The second kappa shape index (κ2) is 9.21. The van der Waals surface area contributed by atoms with E-state index < -0.39 is 11.9 Å². The number of H-pyrrole nitrogens is 1. The first-order chi connectivity index (χ1) is 14.4. The number of nitrogens with zero attached hydrogens (tertiary/aromatic N) is 2. The van der Waals surface area contributed by atoms with Crippen molar-refractivity contribution < 1.29 is 32.7 Å². The van der Waals surface area contributed by atoms with E-state index in [1.807, 2.05) is 0 Å². The SMILES string of the molecule is CCOC(=O)c1c(C)[nH]c(C(=O)OCc2nc(COc3ccc(F)cc3)no2)c1C. The number of hydrogen-bond donors (Lipinski definition) is 1. The second-order valence-electron chi connectivity index (χ2n) is 6.27. The number of nitrogens with one attached hydrogen (secondary N) is 1. The number of esters is 2. The lowest BCUT2D eigenvalue weighted by Crippen LogP contribution is -2.09. The molecule has 0 saturated heterocycles. The van der Waals surface area contributed by atoms with E-state index in [-0.39, 0.29) is 43.0 Å². The Morgan fingerprint density at radius 2 is 1.83 bits per heavy atom. The number of benzene rings is 1. The third kappa shape index (κ3) is 4.83. The van der Waals surface area contributed by atoms with E-state index in [4.69, 9.17) is 18.7 Å². The fourth-order valence-corrected chi connectivity index (χ4v) is 2.75. The van der Waals surface area contributed by atoms with Gasteiger partial charge in [-0.2, -0.15) is 4.98 Å². The van der Waals surface area contributed by atoms with Crippen LogP contribution in [0.15, 0.2) is 28.8 Å². The number of ether oxygens (including phenoxy) is 3. The lowest BCUT2D eigenvalue weighted by Gasteiger charge is -2.03. The van der Waals surface area contributed by atoms with Gasteiger partial charge in [-0.15, -0.1) is 0 Å². The maximum Gasteiger partial charge on any atom is 0.355 e. The Bertz CT molecular complexity index is 1040. The summed E-state index contributed by atoms with van der Waals surface area (Å²) in [5, 5.41) is 3.73. The fraction of sp³-hybridized carbons (Fsp3) is 0.300. The summed E-state index contributed by atoms with van der Waals surface area (Å²) in [5.74, 6) is -0.787. The number of aromatic nitrogens is 3. The van der Waals surface area contributed by atoms with Gasteiger partial charge >= 0.3 is 11.9 Å². The number of rotatable bonds is 8. The molecule has 30 heavy (non-hydrogen) atoms. The first-order valence-corrected chi connectivity index (χ1v) is 9.12. The quantitative estimate of drug-likeness (QED) is 0.555. The van der Waals surface area contributed by atoms with E-state index in [2.05, 4.69) is 15.1 Å². The van der Waals surface area contributed by atoms with Crippen molar-refractivity contribution in [2.75, 3.05) is 6.61 Å². The maximum atomic E-state index is 12.9. The number of carbonyl (C=O) groups excluding carboxylic acids is 2. The largest absolute Gasteiger partial charge is 0.485 e. The number of hydrogen-bond acceptors (Lipinski definition) is 8. The predicted octanol–water partition coefficient (Wildman–Crippen LogP) is 3.27. The maximum absolute atomic E-state index is 12.9. The molecule has 3 rings (SSSR count). The van der Waals surface area contributed by atoms with Crippen LogP contribution < -0.4 is 4.74 Å². The van der Waals surface area contributed by atoms with Crippen LogP contribution in [0, 0.1) is 19.7 Å². The van der Waals surface area contributed by atoms with Gasteiger partial charge in [0.2, 0.25) is 5.82 Å². The average Bonchev–Trinajstić information content (AvgIpc) is 3.29. The molecule has 0 aliphatic rings. The van der Waals surface area contributed by atoms with Crippen molar-refractivity contribution in [3.63, 3.8) is 0 Å². The minimum absolute atomic E-state index is 0.000903. The minimum atomic E-state index is -0.673. The summed E-state index contributed by atoms with van der Waals surface area (Å²) in [6.45, 7) is 4.97. The zero-order chi connectivity index (χ0) is 21.7. The summed E-state index contributed by atoms with van der Waals surface area (Å²) in [7, 11) is 0. The van der Waals surface area contributed by atoms with Crippen molar-refractivity contribution in [3.05, 3.63) is 64.3 Å². The van der Waals surface area contributed by atoms with E-state index in [1.54, 1.807) is 20.8 Å². The Hall–Kier alpha value is -3.69. The highest BCUT2D eigenvalue weighted by molar-refractivity contribution is 5.98. The molecule has 0 bridgehead atoms. The summed E-state index contributed by atoms with van der Waals surface area (Å²) in [5.41, 5.74) is 1.41. The van der Waals surface area contributed by atoms with Crippen LogP contribution in [0.1, 0.15) is 50.7 Å². The first kappa shape index (κ1) is 21.0. The molecule has 0 fully saturated rings. The molecule has 2 heterocycles. The Morgan fingerprint density at radius 3 is 2.53 bits per heavy atom. The summed E-state index contributed by atoms with van der Waals surface area (Å²) >= 11 is 0. The smallest absolute Gasteiger partial charge is 0.355 e. The molecule has 3 aromatic rings. The molecule has 1 aromatic carbocycles. The van der Waals surface area contributed by atoms with Crippen LogP contribution >= 0.6 is 0 Å². The summed E-state index contributed by atoms with van der Waals surface area (Å²) < 4.78 is 33.5. The molecule has 0 atom stereocenters. The summed E-state index contributed by atoms with van der Waals surface area (Å²) in [6, 6.07) is 5.49. The monoisotopic (exact) mass is 417 g/mol. The minimum Gasteiger partial charge on any atom is -0.485 e.